The van der Waals surface area contributed by atoms with Crippen LogP contribution in [-0.2, 0) is 6.54 Å². The third kappa shape index (κ3) is 3.28. The molecule has 3 rings (SSSR count). The number of likely N-dealkylation sites (tertiary alicyclic amines) is 1. The van der Waals surface area contributed by atoms with Crippen LogP contribution >= 0.6 is 11.8 Å². The first-order valence-corrected chi connectivity index (χ1v) is 8.60. The molecule has 21 heavy (non-hydrogen) atoms. The molecule has 1 aromatic carbocycles. The lowest BCUT2D eigenvalue weighted by Gasteiger charge is -2.32. The molecule has 2 aliphatic rings. The van der Waals surface area contributed by atoms with Crippen LogP contribution in [0.15, 0.2) is 23.1 Å². The van der Waals surface area contributed by atoms with Crippen molar-refractivity contribution in [3.05, 3.63) is 23.8 Å². The van der Waals surface area contributed by atoms with E-state index >= 15 is 0 Å². The van der Waals surface area contributed by atoms with Gasteiger partial charge < -0.3 is 14.5 Å². The van der Waals surface area contributed by atoms with Gasteiger partial charge >= 0.3 is 6.03 Å². The minimum Gasteiger partial charge on any atom is -0.497 e. The van der Waals surface area contributed by atoms with Crippen LogP contribution in [0.1, 0.15) is 24.8 Å². The Bertz CT molecular complexity index is 515. The minimum absolute atomic E-state index is 0.200. The van der Waals surface area contributed by atoms with Gasteiger partial charge in [-0.15, -0.1) is 11.8 Å². The second-order valence-electron chi connectivity index (χ2n) is 5.57. The fourth-order valence-electron chi connectivity index (χ4n) is 2.95. The van der Waals surface area contributed by atoms with Crippen molar-refractivity contribution in [1.29, 1.82) is 0 Å². The number of hydrogen-bond acceptors (Lipinski definition) is 3. The van der Waals surface area contributed by atoms with Crippen molar-refractivity contribution >= 4 is 17.8 Å². The Morgan fingerprint density at radius 3 is 2.71 bits per heavy atom. The summed E-state index contributed by atoms with van der Waals surface area (Å²) in [4.78, 5) is 18.0. The summed E-state index contributed by atoms with van der Waals surface area (Å²) in [6.07, 6.45) is 3.52. The number of nitrogens with zero attached hydrogens (tertiary/aromatic N) is 2. The van der Waals surface area contributed by atoms with Crippen molar-refractivity contribution in [2.45, 2.75) is 30.7 Å². The van der Waals surface area contributed by atoms with Gasteiger partial charge in [0.1, 0.15) is 5.75 Å². The Balaban J connectivity index is 1.76. The number of urea groups is 1. The van der Waals surface area contributed by atoms with Crippen molar-refractivity contribution < 1.29 is 9.53 Å². The summed E-state index contributed by atoms with van der Waals surface area (Å²) in [5.41, 5.74) is 1.20. The van der Waals surface area contributed by atoms with E-state index < -0.39 is 0 Å². The molecule has 0 aliphatic carbocycles. The van der Waals surface area contributed by atoms with E-state index in [9.17, 15) is 4.79 Å². The van der Waals surface area contributed by atoms with Crippen LogP contribution in [-0.4, -0.2) is 48.3 Å². The van der Waals surface area contributed by atoms with Gasteiger partial charge in [-0.05, 0) is 43.0 Å². The molecule has 2 heterocycles. The van der Waals surface area contributed by atoms with Crippen LogP contribution in [0.4, 0.5) is 4.79 Å². The van der Waals surface area contributed by atoms with Crippen LogP contribution in [0.5, 0.6) is 5.75 Å². The minimum atomic E-state index is 0.200. The fraction of sp³-hybridized carbons (Fsp3) is 0.562. The molecule has 1 saturated heterocycles. The van der Waals surface area contributed by atoms with Gasteiger partial charge in [0.05, 0.1) is 7.11 Å². The molecule has 0 N–H and O–H groups in total. The van der Waals surface area contributed by atoms with E-state index in [0.29, 0.717) is 6.54 Å². The highest BCUT2D eigenvalue weighted by Gasteiger charge is 2.25. The predicted octanol–water partition coefficient (Wildman–Crippen LogP) is 3.21. The summed E-state index contributed by atoms with van der Waals surface area (Å²) >= 11 is 1.83. The largest absolute Gasteiger partial charge is 0.497 e. The summed E-state index contributed by atoms with van der Waals surface area (Å²) in [6.45, 7) is 3.33. The van der Waals surface area contributed by atoms with E-state index in [1.54, 1.807) is 7.11 Å². The van der Waals surface area contributed by atoms with Crippen molar-refractivity contribution in [3.63, 3.8) is 0 Å². The second-order valence-corrected chi connectivity index (χ2v) is 6.71. The van der Waals surface area contributed by atoms with Crippen LogP contribution in [0.25, 0.3) is 0 Å². The number of rotatable bonds is 1. The maximum Gasteiger partial charge on any atom is 0.320 e. The van der Waals surface area contributed by atoms with Crippen molar-refractivity contribution in [3.8, 4) is 5.75 Å². The zero-order chi connectivity index (χ0) is 14.7. The standard InChI is InChI=1S/C16H22N2O2S/c1-20-14-5-6-15-13(11-14)12-18(9-10-21-15)16(19)17-7-3-2-4-8-17/h5-6,11H,2-4,7-10,12H2,1H3. The first-order chi connectivity index (χ1) is 10.3. The van der Waals surface area contributed by atoms with Gasteiger partial charge in [0.25, 0.3) is 0 Å². The highest BCUT2D eigenvalue weighted by Crippen LogP contribution is 2.31. The first-order valence-electron chi connectivity index (χ1n) is 7.61. The van der Waals surface area contributed by atoms with E-state index in [4.69, 9.17) is 4.74 Å². The second kappa shape index (κ2) is 6.60. The van der Waals surface area contributed by atoms with E-state index in [-0.39, 0.29) is 6.03 Å². The Labute approximate surface area is 130 Å². The van der Waals surface area contributed by atoms with Gasteiger partial charge in [-0.2, -0.15) is 0 Å². The third-order valence-electron chi connectivity index (χ3n) is 4.14. The zero-order valence-electron chi connectivity index (χ0n) is 12.5. The maximum absolute atomic E-state index is 12.7. The quantitative estimate of drug-likeness (QED) is 0.799. The Morgan fingerprint density at radius 2 is 1.95 bits per heavy atom. The molecule has 114 valence electrons. The van der Waals surface area contributed by atoms with E-state index in [0.717, 1.165) is 44.0 Å². The molecular formula is C16H22N2O2S. The van der Waals surface area contributed by atoms with E-state index in [1.165, 1.54) is 16.9 Å². The SMILES string of the molecule is COc1ccc2c(c1)CN(C(=O)N1CCCCC1)CCS2. The average Bonchev–Trinajstić information content (AvgIpc) is 2.76. The molecule has 0 spiro atoms. The van der Waals surface area contributed by atoms with Crippen LogP contribution < -0.4 is 4.74 Å². The number of carbonyl (C=O) groups excluding carboxylic acids is 1. The van der Waals surface area contributed by atoms with Crippen molar-refractivity contribution in [2.75, 3.05) is 32.5 Å². The van der Waals surface area contributed by atoms with Crippen LogP contribution in [0.2, 0.25) is 0 Å². The summed E-state index contributed by atoms with van der Waals surface area (Å²) in [5, 5.41) is 0. The fourth-order valence-corrected chi connectivity index (χ4v) is 3.95. The molecule has 0 unspecified atom stereocenters. The molecule has 2 amide bonds. The number of amides is 2. The summed E-state index contributed by atoms with van der Waals surface area (Å²) in [5.74, 6) is 1.82. The average molecular weight is 306 g/mol. The molecular weight excluding hydrogens is 284 g/mol. The lowest BCUT2D eigenvalue weighted by molar-refractivity contribution is 0.143. The number of methoxy groups -OCH3 is 1. The number of benzene rings is 1. The van der Waals surface area contributed by atoms with Gasteiger partial charge in [0.2, 0.25) is 0 Å². The lowest BCUT2D eigenvalue weighted by Crippen LogP contribution is -2.45. The highest BCUT2D eigenvalue weighted by molar-refractivity contribution is 7.99. The van der Waals surface area contributed by atoms with Crippen molar-refractivity contribution in [2.24, 2.45) is 0 Å². The molecule has 0 atom stereocenters. The molecule has 1 aromatic rings. The number of piperidine rings is 1. The molecule has 4 nitrogen and oxygen atoms in total. The van der Waals surface area contributed by atoms with Crippen LogP contribution in [0.3, 0.4) is 0 Å². The van der Waals surface area contributed by atoms with Gasteiger partial charge in [-0.3, -0.25) is 0 Å². The lowest BCUT2D eigenvalue weighted by atomic mass is 10.1. The van der Waals surface area contributed by atoms with Gasteiger partial charge in [0, 0.05) is 36.8 Å². The summed E-state index contributed by atoms with van der Waals surface area (Å²) in [7, 11) is 1.68. The topological polar surface area (TPSA) is 32.8 Å². The maximum atomic E-state index is 12.7. The normalized spacial score (nSPS) is 18.9. The molecule has 0 aromatic heterocycles. The van der Waals surface area contributed by atoms with E-state index in [2.05, 4.69) is 12.1 Å². The molecule has 1 fully saturated rings. The van der Waals surface area contributed by atoms with Gasteiger partial charge in [-0.25, -0.2) is 4.79 Å². The molecule has 0 radical (unpaired) electrons. The smallest absolute Gasteiger partial charge is 0.320 e. The van der Waals surface area contributed by atoms with Gasteiger partial charge in [-0.1, -0.05) is 0 Å². The Morgan fingerprint density at radius 1 is 1.14 bits per heavy atom. The zero-order valence-corrected chi connectivity index (χ0v) is 13.3. The highest BCUT2D eigenvalue weighted by atomic mass is 32.2. The molecule has 0 bridgehead atoms. The van der Waals surface area contributed by atoms with Gasteiger partial charge in [0.15, 0.2) is 0 Å². The number of fused-ring (bicyclic) bond motifs is 1. The first kappa shape index (κ1) is 14.6. The number of hydrogen-bond donors (Lipinski definition) is 0. The molecule has 2 aliphatic heterocycles. The third-order valence-corrected chi connectivity index (χ3v) is 5.24. The van der Waals surface area contributed by atoms with E-state index in [1.807, 2.05) is 27.6 Å². The van der Waals surface area contributed by atoms with Crippen molar-refractivity contribution in [1.82, 2.24) is 9.80 Å². The monoisotopic (exact) mass is 306 g/mol. The summed E-state index contributed by atoms with van der Waals surface area (Å²) in [6, 6.07) is 6.36. The summed E-state index contributed by atoms with van der Waals surface area (Å²) < 4.78 is 5.31. The predicted molar refractivity (Wildman–Crippen MR) is 84.9 cm³/mol. The Hall–Kier alpha value is -1.36. The number of carbonyl (C=O) groups is 1. The number of thioether (sulfide) groups is 1. The molecule has 0 saturated carbocycles. The molecule has 5 heteroatoms. The van der Waals surface area contributed by atoms with Crippen LogP contribution in [0, 0.1) is 0 Å². The Kier molecular flexibility index (Phi) is 4.58. The number of ether oxygens (including phenoxy) is 1.